The maximum absolute atomic E-state index is 13.7. The van der Waals surface area contributed by atoms with E-state index in [0.29, 0.717) is 12.3 Å². The summed E-state index contributed by atoms with van der Waals surface area (Å²) in [7, 11) is 3.34. The second-order valence-electron chi connectivity index (χ2n) is 5.66. The van der Waals surface area contributed by atoms with Crippen molar-refractivity contribution >= 4 is 0 Å². The summed E-state index contributed by atoms with van der Waals surface area (Å²) in [6.07, 6.45) is 1.39. The van der Waals surface area contributed by atoms with E-state index in [-0.39, 0.29) is 5.82 Å². The molecule has 2 rings (SSSR count). The second kappa shape index (κ2) is 7.30. The Hall–Kier alpha value is -2.03. The number of hydrogen-bond donors (Lipinski definition) is 0. The molecule has 2 aromatic carbocycles. The van der Waals surface area contributed by atoms with Gasteiger partial charge in [0.1, 0.15) is 17.3 Å². The van der Waals surface area contributed by atoms with Crippen molar-refractivity contribution in [1.82, 2.24) is 0 Å². The summed E-state index contributed by atoms with van der Waals surface area (Å²) >= 11 is 0. The largest absolute Gasteiger partial charge is 0.496 e. The van der Waals surface area contributed by atoms with Gasteiger partial charge < -0.3 is 9.47 Å². The van der Waals surface area contributed by atoms with Crippen molar-refractivity contribution in [2.75, 3.05) is 14.2 Å². The molecule has 118 valence electrons. The van der Waals surface area contributed by atoms with Gasteiger partial charge in [-0.25, -0.2) is 4.39 Å². The SMILES string of the molecule is COc1cc(CCc2ccccc2F)cc(OC)c1C(C)C. The molecule has 2 aromatic rings. The van der Waals surface area contributed by atoms with Gasteiger partial charge in [-0.3, -0.25) is 0 Å². The predicted octanol–water partition coefficient (Wildman–Crippen LogP) is 4.75. The molecular formula is C19H23FO2. The molecule has 22 heavy (non-hydrogen) atoms. The molecule has 3 heteroatoms. The van der Waals surface area contributed by atoms with Crippen LogP contribution in [0, 0.1) is 5.82 Å². The number of rotatable bonds is 6. The molecule has 0 saturated carbocycles. The van der Waals surface area contributed by atoms with Crippen LogP contribution in [0.1, 0.15) is 36.5 Å². The van der Waals surface area contributed by atoms with Crippen molar-refractivity contribution in [1.29, 1.82) is 0 Å². The fraction of sp³-hybridized carbons (Fsp3) is 0.368. The molecule has 2 nitrogen and oxygen atoms in total. The van der Waals surface area contributed by atoms with Crippen LogP contribution in [0.4, 0.5) is 4.39 Å². The Morgan fingerprint density at radius 2 is 1.55 bits per heavy atom. The van der Waals surface area contributed by atoms with E-state index in [9.17, 15) is 4.39 Å². The van der Waals surface area contributed by atoms with Gasteiger partial charge in [-0.05, 0) is 48.1 Å². The van der Waals surface area contributed by atoms with E-state index < -0.39 is 0 Å². The van der Waals surface area contributed by atoms with Crippen molar-refractivity contribution in [2.24, 2.45) is 0 Å². The van der Waals surface area contributed by atoms with Crippen molar-refractivity contribution in [2.45, 2.75) is 32.6 Å². The molecule has 0 aliphatic carbocycles. The topological polar surface area (TPSA) is 18.5 Å². The van der Waals surface area contributed by atoms with Crippen LogP contribution >= 0.6 is 0 Å². The van der Waals surface area contributed by atoms with E-state index in [0.717, 1.165) is 34.6 Å². The fourth-order valence-corrected chi connectivity index (χ4v) is 2.69. The van der Waals surface area contributed by atoms with Crippen LogP contribution in [0.15, 0.2) is 36.4 Å². The first-order valence-electron chi connectivity index (χ1n) is 7.55. The standard InChI is InChI=1S/C19H23FO2/c1-13(2)19-17(21-3)11-14(12-18(19)22-4)9-10-15-7-5-6-8-16(15)20/h5-8,11-13H,9-10H2,1-4H3. The Labute approximate surface area is 131 Å². The highest BCUT2D eigenvalue weighted by molar-refractivity contribution is 5.50. The molecule has 0 amide bonds. The molecule has 0 spiro atoms. The summed E-state index contributed by atoms with van der Waals surface area (Å²) in [6.45, 7) is 4.22. The van der Waals surface area contributed by atoms with Crippen LogP contribution < -0.4 is 9.47 Å². The lowest BCUT2D eigenvalue weighted by Gasteiger charge is -2.18. The van der Waals surface area contributed by atoms with Gasteiger partial charge >= 0.3 is 0 Å². The minimum absolute atomic E-state index is 0.153. The Morgan fingerprint density at radius 3 is 2.05 bits per heavy atom. The zero-order valence-corrected chi connectivity index (χ0v) is 13.7. The zero-order chi connectivity index (χ0) is 16.1. The minimum Gasteiger partial charge on any atom is -0.496 e. The van der Waals surface area contributed by atoms with Crippen LogP contribution in [0.5, 0.6) is 11.5 Å². The van der Waals surface area contributed by atoms with Crippen molar-refractivity contribution in [3.05, 3.63) is 58.9 Å². The zero-order valence-electron chi connectivity index (χ0n) is 13.7. The Morgan fingerprint density at radius 1 is 0.955 bits per heavy atom. The summed E-state index contributed by atoms with van der Waals surface area (Å²) in [4.78, 5) is 0. The lowest BCUT2D eigenvalue weighted by Crippen LogP contribution is -2.02. The van der Waals surface area contributed by atoms with Gasteiger partial charge in [0, 0.05) is 5.56 Å². The van der Waals surface area contributed by atoms with Gasteiger partial charge in [0.25, 0.3) is 0 Å². The van der Waals surface area contributed by atoms with Crippen LogP contribution in [-0.2, 0) is 12.8 Å². The van der Waals surface area contributed by atoms with Gasteiger partial charge in [0.15, 0.2) is 0 Å². The Bertz CT molecular complexity index is 610. The summed E-state index contributed by atoms with van der Waals surface area (Å²) in [5.41, 5.74) is 2.88. The van der Waals surface area contributed by atoms with Crippen LogP contribution in [0.25, 0.3) is 0 Å². The molecule has 0 aliphatic rings. The number of ether oxygens (including phenoxy) is 2. The van der Waals surface area contributed by atoms with E-state index >= 15 is 0 Å². The quantitative estimate of drug-likeness (QED) is 0.766. The number of benzene rings is 2. The summed E-state index contributed by atoms with van der Waals surface area (Å²) in [6, 6.07) is 11.0. The Kier molecular flexibility index (Phi) is 5.42. The lowest BCUT2D eigenvalue weighted by molar-refractivity contribution is 0.381. The summed E-state index contributed by atoms with van der Waals surface area (Å²) < 4.78 is 24.7. The number of hydrogen-bond acceptors (Lipinski definition) is 2. The first-order valence-corrected chi connectivity index (χ1v) is 7.55. The molecule has 0 heterocycles. The highest BCUT2D eigenvalue weighted by Gasteiger charge is 2.15. The maximum atomic E-state index is 13.7. The van der Waals surface area contributed by atoms with Crippen molar-refractivity contribution < 1.29 is 13.9 Å². The third-order valence-electron chi connectivity index (χ3n) is 3.82. The summed E-state index contributed by atoms with van der Waals surface area (Å²) in [5, 5.41) is 0. The number of halogens is 1. The molecule has 0 bridgehead atoms. The van der Waals surface area contributed by atoms with Crippen molar-refractivity contribution in [3.8, 4) is 11.5 Å². The van der Waals surface area contributed by atoms with Gasteiger partial charge in [-0.15, -0.1) is 0 Å². The van der Waals surface area contributed by atoms with Gasteiger partial charge in [0.2, 0.25) is 0 Å². The second-order valence-corrected chi connectivity index (χ2v) is 5.66. The first-order chi connectivity index (χ1) is 10.6. The summed E-state index contributed by atoms with van der Waals surface area (Å²) in [5.74, 6) is 1.82. The average Bonchev–Trinajstić information content (AvgIpc) is 2.52. The molecule has 0 atom stereocenters. The molecule has 0 saturated heterocycles. The van der Waals surface area contributed by atoms with E-state index in [1.807, 2.05) is 24.3 Å². The maximum Gasteiger partial charge on any atom is 0.126 e. The third-order valence-corrected chi connectivity index (χ3v) is 3.82. The number of aryl methyl sites for hydroxylation is 2. The highest BCUT2D eigenvalue weighted by Crippen LogP contribution is 2.36. The number of methoxy groups -OCH3 is 2. The molecule has 0 aromatic heterocycles. The molecule has 0 unspecified atom stereocenters. The highest BCUT2D eigenvalue weighted by atomic mass is 19.1. The van der Waals surface area contributed by atoms with Crippen molar-refractivity contribution in [3.63, 3.8) is 0 Å². The van der Waals surface area contributed by atoms with E-state index in [4.69, 9.17) is 9.47 Å². The molecule has 0 radical (unpaired) electrons. The van der Waals surface area contributed by atoms with E-state index in [1.165, 1.54) is 6.07 Å². The smallest absolute Gasteiger partial charge is 0.126 e. The van der Waals surface area contributed by atoms with E-state index in [1.54, 1.807) is 20.3 Å². The van der Waals surface area contributed by atoms with Crippen LogP contribution in [0.2, 0.25) is 0 Å². The molecule has 0 fully saturated rings. The van der Waals surface area contributed by atoms with Crippen LogP contribution in [-0.4, -0.2) is 14.2 Å². The molecule has 0 N–H and O–H groups in total. The van der Waals surface area contributed by atoms with Gasteiger partial charge in [-0.2, -0.15) is 0 Å². The van der Waals surface area contributed by atoms with E-state index in [2.05, 4.69) is 13.8 Å². The normalized spacial score (nSPS) is 10.8. The molecular weight excluding hydrogens is 279 g/mol. The molecule has 0 aliphatic heterocycles. The Balaban J connectivity index is 2.27. The third kappa shape index (κ3) is 3.59. The average molecular weight is 302 g/mol. The van der Waals surface area contributed by atoms with Gasteiger partial charge in [0.05, 0.1) is 14.2 Å². The monoisotopic (exact) mass is 302 g/mol. The fourth-order valence-electron chi connectivity index (χ4n) is 2.69. The van der Waals surface area contributed by atoms with Crippen LogP contribution in [0.3, 0.4) is 0 Å². The van der Waals surface area contributed by atoms with Gasteiger partial charge in [-0.1, -0.05) is 32.0 Å². The first kappa shape index (κ1) is 16.3. The lowest BCUT2D eigenvalue weighted by atomic mass is 9.96. The predicted molar refractivity (Wildman–Crippen MR) is 87.4 cm³/mol. The minimum atomic E-state index is -0.153.